The molecule has 1 unspecified atom stereocenters. The van der Waals surface area contributed by atoms with Gasteiger partial charge in [0, 0.05) is 18.4 Å². The highest BCUT2D eigenvalue weighted by atomic mass is 15.0. The number of nitrogens with two attached hydrogens (primary N) is 1. The Morgan fingerprint density at radius 3 is 2.71 bits per heavy atom. The number of aromatic nitrogens is 2. The second-order valence-electron chi connectivity index (χ2n) is 3.66. The lowest BCUT2D eigenvalue weighted by molar-refractivity contribution is 0.497. The number of hydrogen-bond acceptors (Lipinski definition) is 4. The van der Waals surface area contributed by atoms with Crippen LogP contribution >= 0.6 is 0 Å². The molecule has 78 valence electrons. The van der Waals surface area contributed by atoms with E-state index in [1.54, 1.807) is 18.6 Å². The van der Waals surface area contributed by atoms with Crippen LogP contribution in [0.25, 0.3) is 0 Å². The van der Waals surface area contributed by atoms with Gasteiger partial charge in [0.1, 0.15) is 5.82 Å². The molecule has 0 fully saturated rings. The maximum Gasteiger partial charge on any atom is 0.144 e. The first kappa shape index (κ1) is 10.9. The molecule has 0 aliphatic carbocycles. The first-order valence-corrected chi connectivity index (χ1v) is 4.96. The van der Waals surface area contributed by atoms with E-state index in [9.17, 15) is 0 Å². The van der Waals surface area contributed by atoms with Crippen LogP contribution < -0.4 is 11.1 Å². The number of rotatable bonds is 5. The fourth-order valence-electron chi connectivity index (χ4n) is 1.32. The normalized spacial score (nSPS) is 12.9. The van der Waals surface area contributed by atoms with Crippen LogP contribution in [0, 0.1) is 5.92 Å². The molecule has 3 N–H and O–H groups in total. The first-order valence-electron chi connectivity index (χ1n) is 4.96. The lowest BCUT2D eigenvalue weighted by Crippen LogP contribution is -2.28. The Morgan fingerprint density at radius 1 is 1.43 bits per heavy atom. The lowest BCUT2D eigenvalue weighted by Gasteiger charge is -2.21. The zero-order valence-electron chi connectivity index (χ0n) is 8.77. The molecular weight excluding hydrogens is 176 g/mol. The molecule has 1 atom stereocenters. The highest BCUT2D eigenvalue weighted by Crippen LogP contribution is 2.11. The van der Waals surface area contributed by atoms with Crippen molar-refractivity contribution in [2.45, 2.75) is 26.3 Å². The van der Waals surface area contributed by atoms with Gasteiger partial charge in [0.2, 0.25) is 0 Å². The van der Waals surface area contributed by atoms with E-state index in [2.05, 4.69) is 29.1 Å². The summed E-state index contributed by atoms with van der Waals surface area (Å²) >= 11 is 0. The fourth-order valence-corrected chi connectivity index (χ4v) is 1.32. The van der Waals surface area contributed by atoms with Crippen LogP contribution in [0.1, 0.15) is 20.3 Å². The molecule has 0 aliphatic rings. The second kappa shape index (κ2) is 5.54. The molecule has 0 radical (unpaired) electrons. The predicted molar refractivity (Wildman–Crippen MR) is 58.0 cm³/mol. The van der Waals surface area contributed by atoms with Gasteiger partial charge < -0.3 is 11.1 Å². The van der Waals surface area contributed by atoms with Crippen molar-refractivity contribution < 1.29 is 0 Å². The zero-order chi connectivity index (χ0) is 10.4. The largest absolute Gasteiger partial charge is 0.366 e. The molecule has 4 heteroatoms. The summed E-state index contributed by atoms with van der Waals surface area (Å²) in [6.07, 6.45) is 6.03. The Balaban J connectivity index is 2.55. The molecule has 14 heavy (non-hydrogen) atoms. The third-order valence-electron chi connectivity index (χ3n) is 2.18. The average Bonchev–Trinajstić information content (AvgIpc) is 2.18. The second-order valence-corrected chi connectivity index (χ2v) is 3.66. The standard InChI is InChI=1S/C10H18N4/c1-8(2)9(3-4-11)14-10-7-12-5-6-13-10/h5-9H,3-4,11H2,1-2H3,(H,13,14). The molecule has 1 rings (SSSR count). The van der Waals surface area contributed by atoms with Gasteiger partial charge in [-0.2, -0.15) is 0 Å². The van der Waals surface area contributed by atoms with Crippen LogP contribution in [0.4, 0.5) is 5.82 Å². The van der Waals surface area contributed by atoms with Gasteiger partial charge in [-0.15, -0.1) is 0 Å². The van der Waals surface area contributed by atoms with Gasteiger partial charge in [0.05, 0.1) is 6.20 Å². The molecule has 4 nitrogen and oxygen atoms in total. The molecule has 0 amide bonds. The third kappa shape index (κ3) is 3.30. The summed E-state index contributed by atoms with van der Waals surface area (Å²) in [6, 6.07) is 0.372. The fraction of sp³-hybridized carbons (Fsp3) is 0.600. The van der Waals surface area contributed by atoms with Crippen LogP contribution in [0.15, 0.2) is 18.6 Å². The minimum atomic E-state index is 0.372. The Kier molecular flexibility index (Phi) is 4.32. The monoisotopic (exact) mass is 194 g/mol. The topological polar surface area (TPSA) is 63.8 Å². The van der Waals surface area contributed by atoms with Gasteiger partial charge >= 0.3 is 0 Å². The maximum absolute atomic E-state index is 5.54. The van der Waals surface area contributed by atoms with Crippen molar-refractivity contribution in [1.29, 1.82) is 0 Å². The summed E-state index contributed by atoms with van der Waals surface area (Å²) in [5.41, 5.74) is 5.54. The molecular formula is C10H18N4. The van der Waals surface area contributed by atoms with E-state index in [1.807, 2.05) is 0 Å². The molecule has 0 spiro atoms. The van der Waals surface area contributed by atoms with E-state index in [-0.39, 0.29) is 0 Å². The average molecular weight is 194 g/mol. The molecule has 0 bridgehead atoms. The van der Waals surface area contributed by atoms with Crippen molar-refractivity contribution in [2.24, 2.45) is 11.7 Å². The van der Waals surface area contributed by atoms with Crippen molar-refractivity contribution in [2.75, 3.05) is 11.9 Å². The number of hydrogen-bond donors (Lipinski definition) is 2. The smallest absolute Gasteiger partial charge is 0.144 e. The highest BCUT2D eigenvalue weighted by molar-refractivity contribution is 5.31. The third-order valence-corrected chi connectivity index (χ3v) is 2.18. The van der Waals surface area contributed by atoms with Gasteiger partial charge in [-0.1, -0.05) is 13.8 Å². The quantitative estimate of drug-likeness (QED) is 0.740. The van der Waals surface area contributed by atoms with E-state index >= 15 is 0 Å². The number of nitrogens with zero attached hydrogens (tertiary/aromatic N) is 2. The maximum atomic E-state index is 5.54. The van der Waals surface area contributed by atoms with E-state index in [4.69, 9.17) is 5.73 Å². The van der Waals surface area contributed by atoms with E-state index in [1.165, 1.54) is 0 Å². The lowest BCUT2D eigenvalue weighted by atomic mass is 10.0. The number of nitrogens with one attached hydrogen (secondary N) is 1. The van der Waals surface area contributed by atoms with Crippen LogP contribution in [0.5, 0.6) is 0 Å². The highest BCUT2D eigenvalue weighted by Gasteiger charge is 2.12. The molecule has 0 saturated carbocycles. The van der Waals surface area contributed by atoms with Crippen molar-refractivity contribution in [3.8, 4) is 0 Å². The molecule has 1 heterocycles. The summed E-state index contributed by atoms with van der Waals surface area (Å²) in [5.74, 6) is 1.36. The van der Waals surface area contributed by atoms with Gasteiger partial charge in [-0.3, -0.25) is 4.98 Å². The Bertz CT molecular complexity index is 248. The first-order chi connectivity index (χ1) is 6.74. The van der Waals surface area contributed by atoms with Crippen molar-refractivity contribution in [3.63, 3.8) is 0 Å². The van der Waals surface area contributed by atoms with Gasteiger partial charge in [0.15, 0.2) is 0 Å². The van der Waals surface area contributed by atoms with Crippen LogP contribution in [0.2, 0.25) is 0 Å². The Hall–Kier alpha value is -1.16. The van der Waals surface area contributed by atoms with Crippen LogP contribution in [0.3, 0.4) is 0 Å². The summed E-state index contributed by atoms with van der Waals surface area (Å²) in [6.45, 7) is 5.03. The Morgan fingerprint density at radius 2 is 2.21 bits per heavy atom. The summed E-state index contributed by atoms with van der Waals surface area (Å²) in [7, 11) is 0. The molecule has 0 saturated heterocycles. The summed E-state index contributed by atoms with van der Waals surface area (Å²) in [4.78, 5) is 8.17. The summed E-state index contributed by atoms with van der Waals surface area (Å²) in [5, 5.41) is 3.33. The minimum Gasteiger partial charge on any atom is -0.366 e. The van der Waals surface area contributed by atoms with Crippen molar-refractivity contribution >= 4 is 5.82 Å². The van der Waals surface area contributed by atoms with Crippen LogP contribution in [-0.4, -0.2) is 22.6 Å². The molecule has 1 aromatic rings. The van der Waals surface area contributed by atoms with Crippen LogP contribution in [-0.2, 0) is 0 Å². The van der Waals surface area contributed by atoms with Crippen molar-refractivity contribution in [1.82, 2.24) is 9.97 Å². The van der Waals surface area contributed by atoms with E-state index in [0.717, 1.165) is 12.2 Å². The van der Waals surface area contributed by atoms with Crippen molar-refractivity contribution in [3.05, 3.63) is 18.6 Å². The Labute approximate surface area is 85.0 Å². The zero-order valence-corrected chi connectivity index (χ0v) is 8.77. The van der Waals surface area contributed by atoms with Gasteiger partial charge in [0.25, 0.3) is 0 Å². The molecule has 1 aromatic heterocycles. The van der Waals surface area contributed by atoms with E-state index < -0.39 is 0 Å². The van der Waals surface area contributed by atoms with E-state index in [0.29, 0.717) is 18.5 Å². The minimum absolute atomic E-state index is 0.372. The predicted octanol–water partition coefficient (Wildman–Crippen LogP) is 1.26. The molecule has 0 aliphatic heterocycles. The van der Waals surface area contributed by atoms with Gasteiger partial charge in [-0.05, 0) is 18.9 Å². The van der Waals surface area contributed by atoms with Gasteiger partial charge in [-0.25, -0.2) is 4.98 Å². The SMILES string of the molecule is CC(C)C(CCN)Nc1cnccn1. The molecule has 0 aromatic carbocycles. The number of anilines is 1. The summed E-state index contributed by atoms with van der Waals surface area (Å²) < 4.78 is 0.